The lowest BCUT2D eigenvalue weighted by molar-refractivity contribution is 0.0990. The van der Waals surface area contributed by atoms with Crippen LogP contribution in [0.4, 0.5) is 0 Å². The van der Waals surface area contributed by atoms with Gasteiger partial charge in [-0.1, -0.05) is 18.2 Å². The molecule has 0 amide bonds. The molecule has 1 aliphatic carbocycles. The lowest BCUT2D eigenvalue weighted by Gasteiger charge is -2.16. The van der Waals surface area contributed by atoms with Crippen LogP contribution in [0.25, 0.3) is 0 Å². The molecule has 1 N–H and O–H groups in total. The second-order valence-electron chi connectivity index (χ2n) is 5.54. The highest BCUT2D eigenvalue weighted by molar-refractivity contribution is 5.97. The highest BCUT2D eigenvalue weighted by atomic mass is 16.1. The van der Waals surface area contributed by atoms with Crippen LogP contribution in [0.1, 0.15) is 40.0 Å². The van der Waals surface area contributed by atoms with Crippen LogP contribution >= 0.6 is 0 Å². The minimum Gasteiger partial charge on any atom is -0.304 e. The molecule has 0 atom stereocenters. The summed E-state index contributed by atoms with van der Waals surface area (Å²) in [6.45, 7) is 0.979. The number of rotatable bonds is 5. The second-order valence-corrected chi connectivity index (χ2v) is 5.54. The predicted octanol–water partition coefficient (Wildman–Crippen LogP) is 2.93. The van der Waals surface area contributed by atoms with E-state index in [4.69, 9.17) is 0 Å². The molecule has 108 valence electrons. The van der Waals surface area contributed by atoms with Crippen LogP contribution in [0.15, 0.2) is 42.6 Å². The summed E-state index contributed by atoms with van der Waals surface area (Å²) in [6, 6.07) is 12.0. The lowest BCUT2D eigenvalue weighted by Crippen LogP contribution is -2.23. The molecular formula is C18H20N2O. The Morgan fingerprint density at radius 2 is 1.95 bits per heavy atom. The Kier molecular flexibility index (Phi) is 4.41. The van der Waals surface area contributed by atoms with Crippen molar-refractivity contribution in [1.29, 1.82) is 0 Å². The van der Waals surface area contributed by atoms with Crippen LogP contribution in [-0.4, -0.2) is 17.3 Å². The highest BCUT2D eigenvalue weighted by Crippen LogP contribution is 2.22. The van der Waals surface area contributed by atoms with Gasteiger partial charge in [0, 0.05) is 18.3 Å². The lowest BCUT2D eigenvalue weighted by atomic mass is 9.90. The molecule has 0 radical (unpaired) electrons. The summed E-state index contributed by atoms with van der Waals surface area (Å²) in [6.07, 6.45) is 6.54. The van der Waals surface area contributed by atoms with Crippen LogP contribution in [-0.2, 0) is 19.4 Å². The fraction of sp³-hybridized carbons (Fsp3) is 0.333. The second kappa shape index (κ2) is 6.64. The molecule has 1 heterocycles. The van der Waals surface area contributed by atoms with E-state index in [2.05, 4.69) is 22.4 Å². The molecule has 0 spiro atoms. The smallest absolute Gasteiger partial charge is 0.176 e. The maximum Gasteiger partial charge on any atom is 0.176 e. The Labute approximate surface area is 125 Å². The molecule has 1 aliphatic rings. The third-order valence-corrected chi connectivity index (χ3v) is 3.99. The van der Waals surface area contributed by atoms with Crippen molar-refractivity contribution in [3.05, 3.63) is 65.0 Å². The van der Waals surface area contributed by atoms with Crippen LogP contribution in [0.5, 0.6) is 0 Å². The Hall–Kier alpha value is -2.00. The summed E-state index contributed by atoms with van der Waals surface area (Å²) >= 11 is 0. The zero-order chi connectivity index (χ0) is 14.5. The van der Waals surface area contributed by atoms with Crippen molar-refractivity contribution in [2.45, 2.75) is 32.2 Å². The van der Waals surface area contributed by atoms with Crippen molar-refractivity contribution >= 4 is 5.78 Å². The van der Waals surface area contributed by atoms with Gasteiger partial charge in [-0.3, -0.25) is 9.78 Å². The van der Waals surface area contributed by atoms with E-state index in [1.807, 2.05) is 24.3 Å². The molecule has 0 saturated heterocycles. The number of hydrogen-bond acceptors (Lipinski definition) is 3. The van der Waals surface area contributed by atoms with E-state index in [0.717, 1.165) is 24.1 Å². The van der Waals surface area contributed by atoms with Gasteiger partial charge in [-0.2, -0.15) is 0 Å². The van der Waals surface area contributed by atoms with E-state index < -0.39 is 0 Å². The molecule has 0 saturated carbocycles. The Bertz CT molecular complexity index is 622. The zero-order valence-corrected chi connectivity index (χ0v) is 12.1. The molecule has 3 rings (SSSR count). The van der Waals surface area contributed by atoms with Gasteiger partial charge in [0.15, 0.2) is 5.78 Å². The quantitative estimate of drug-likeness (QED) is 0.856. The molecule has 2 aromatic rings. The molecule has 1 aromatic carbocycles. The van der Waals surface area contributed by atoms with Gasteiger partial charge < -0.3 is 5.32 Å². The number of Topliss-reactive ketones (excluding diaryl/α,β-unsaturated/α-hetero) is 1. The van der Waals surface area contributed by atoms with Crippen molar-refractivity contribution in [2.24, 2.45) is 0 Å². The average molecular weight is 280 g/mol. The average Bonchev–Trinajstić information content (AvgIpc) is 2.55. The largest absolute Gasteiger partial charge is 0.304 e. The molecule has 0 fully saturated rings. The van der Waals surface area contributed by atoms with Gasteiger partial charge in [0.2, 0.25) is 0 Å². The number of aromatic nitrogens is 1. The number of ketones is 1. The van der Waals surface area contributed by atoms with Crippen molar-refractivity contribution in [3.8, 4) is 0 Å². The first-order valence-electron chi connectivity index (χ1n) is 7.58. The summed E-state index contributed by atoms with van der Waals surface area (Å²) in [4.78, 5) is 16.5. The number of pyridine rings is 1. The first kappa shape index (κ1) is 14.0. The maximum absolute atomic E-state index is 12.2. The molecule has 21 heavy (non-hydrogen) atoms. The Balaban J connectivity index is 1.58. The molecule has 3 heteroatoms. The van der Waals surface area contributed by atoms with Crippen LogP contribution in [0, 0.1) is 0 Å². The van der Waals surface area contributed by atoms with Gasteiger partial charge in [0.05, 0.1) is 12.2 Å². The van der Waals surface area contributed by atoms with Crippen molar-refractivity contribution in [3.63, 3.8) is 0 Å². The van der Waals surface area contributed by atoms with Crippen LogP contribution < -0.4 is 5.32 Å². The summed E-state index contributed by atoms with van der Waals surface area (Å²) in [5.74, 6) is 0.152. The molecule has 0 unspecified atom stereocenters. The SMILES string of the molecule is O=C(CNCc1ccccn1)c1ccc2c(c1)CCCC2. The number of carbonyl (C=O) groups excluding carboxylic acids is 1. The number of hydrogen-bond donors (Lipinski definition) is 1. The number of nitrogens with zero attached hydrogens (tertiary/aromatic N) is 1. The van der Waals surface area contributed by atoms with Gasteiger partial charge >= 0.3 is 0 Å². The topological polar surface area (TPSA) is 42.0 Å². The number of aryl methyl sites for hydroxylation is 2. The van der Waals surface area contributed by atoms with E-state index in [1.165, 1.54) is 24.0 Å². The van der Waals surface area contributed by atoms with Crippen LogP contribution in [0.3, 0.4) is 0 Å². The Morgan fingerprint density at radius 1 is 1.10 bits per heavy atom. The van der Waals surface area contributed by atoms with Crippen molar-refractivity contribution in [2.75, 3.05) is 6.54 Å². The van der Waals surface area contributed by atoms with Gasteiger partial charge in [0.1, 0.15) is 0 Å². The van der Waals surface area contributed by atoms with E-state index in [9.17, 15) is 4.79 Å². The third-order valence-electron chi connectivity index (χ3n) is 3.99. The summed E-state index contributed by atoms with van der Waals surface area (Å²) in [5.41, 5.74) is 4.55. The number of benzene rings is 1. The molecule has 3 nitrogen and oxygen atoms in total. The monoisotopic (exact) mass is 280 g/mol. The molecule has 0 aliphatic heterocycles. The van der Waals surface area contributed by atoms with Crippen molar-refractivity contribution < 1.29 is 4.79 Å². The molecule has 1 aromatic heterocycles. The third kappa shape index (κ3) is 3.56. The minimum absolute atomic E-state index is 0.152. The zero-order valence-electron chi connectivity index (χ0n) is 12.1. The molecular weight excluding hydrogens is 260 g/mol. The van der Waals surface area contributed by atoms with Gasteiger partial charge in [-0.05, 0) is 55.0 Å². The first-order valence-corrected chi connectivity index (χ1v) is 7.58. The first-order chi connectivity index (χ1) is 10.3. The Morgan fingerprint density at radius 3 is 2.76 bits per heavy atom. The fourth-order valence-corrected chi connectivity index (χ4v) is 2.82. The normalized spacial score (nSPS) is 13.7. The summed E-state index contributed by atoms with van der Waals surface area (Å²) < 4.78 is 0. The van der Waals surface area contributed by atoms with Gasteiger partial charge in [-0.25, -0.2) is 0 Å². The standard InChI is InChI=1S/C18H20N2O/c21-18(13-19-12-17-7-3-4-10-20-17)16-9-8-14-5-1-2-6-15(14)11-16/h3-4,7-11,19H,1-2,5-6,12-13H2. The van der Waals surface area contributed by atoms with Crippen molar-refractivity contribution in [1.82, 2.24) is 10.3 Å². The predicted molar refractivity (Wildman–Crippen MR) is 83.4 cm³/mol. The van der Waals surface area contributed by atoms with E-state index in [-0.39, 0.29) is 5.78 Å². The number of carbonyl (C=O) groups is 1. The van der Waals surface area contributed by atoms with E-state index in [1.54, 1.807) is 6.20 Å². The molecule has 0 bridgehead atoms. The number of nitrogens with one attached hydrogen (secondary N) is 1. The highest BCUT2D eigenvalue weighted by Gasteiger charge is 2.12. The summed E-state index contributed by atoms with van der Waals surface area (Å²) in [7, 11) is 0. The fourth-order valence-electron chi connectivity index (χ4n) is 2.82. The van der Waals surface area contributed by atoms with E-state index in [0.29, 0.717) is 13.1 Å². The van der Waals surface area contributed by atoms with Gasteiger partial charge in [-0.15, -0.1) is 0 Å². The van der Waals surface area contributed by atoms with Crippen LogP contribution in [0.2, 0.25) is 0 Å². The van der Waals surface area contributed by atoms with Gasteiger partial charge in [0.25, 0.3) is 0 Å². The number of fused-ring (bicyclic) bond motifs is 1. The van der Waals surface area contributed by atoms with E-state index >= 15 is 0 Å². The summed E-state index contributed by atoms with van der Waals surface area (Å²) in [5, 5.41) is 3.17. The maximum atomic E-state index is 12.2. The minimum atomic E-state index is 0.152.